The molecule has 25 heavy (non-hydrogen) atoms. The number of aliphatic hydroxyl groups excluding tert-OH is 1. The lowest BCUT2D eigenvalue weighted by atomic mass is 10.1. The van der Waals surface area contributed by atoms with Gasteiger partial charge in [0, 0.05) is 18.9 Å². The van der Waals surface area contributed by atoms with Crippen molar-refractivity contribution in [3.8, 4) is 5.75 Å². The van der Waals surface area contributed by atoms with Crippen LogP contribution in [-0.4, -0.2) is 51.3 Å². The largest absolute Gasteiger partial charge is 0.497 e. The molecule has 1 N–H and O–H groups in total. The topological polar surface area (TPSA) is 83.9 Å². The molecule has 2 aromatic carbocycles. The zero-order valence-electron chi connectivity index (χ0n) is 14.3. The van der Waals surface area contributed by atoms with Crippen LogP contribution >= 0.6 is 0 Å². The number of carbonyl (C=O) groups is 1. The number of nitrogens with zero attached hydrogens (tertiary/aromatic N) is 1. The fraction of sp³-hybridized carbons (Fsp3) is 0.278. The second-order valence-corrected chi connectivity index (χ2v) is 7.79. The van der Waals surface area contributed by atoms with E-state index in [0.29, 0.717) is 11.3 Å². The Hall–Kier alpha value is -2.38. The molecule has 0 aliphatic rings. The average molecular weight is 363 g/mol. The van der Waals surface area contributed by atoms with Gasteiger partial charge in [-0.3, -0.25) is 4.79 Å². The first-order chi connectivity index (χ1) is 11.7. The minimum absolute atomic E-state index is 0.0646. The Bertz CT molecular complexity index is 863. The Morgan fingerprint density at radius 3 is 2.52 bits per heavy atom. The maximum Gasteiger partial charge on any atom is 0.253 e. The van der Waals surface area contributed by atoms with E-state index in [0.717, 1.165) is 6.26 Å². The van der Waals surface area contributed by atoms with Crippen LogP contribution in [0, 0.1) is 0 Å². The molecule has 1 atom stereocenters. The molecule has 0 saturated heterocycles. The normalized spacial score (nSPS) is 12.5. The first-order valence-electron chi connectivity index (χ1n) is 7.60. The number of benzene rings is 2. The SMILES string of the molecule is COc1cccc(C(O)CN(C)C(=O)c2cccc(S(C)(=O)=O)c2)c1. The summed E-state index contributed by atoms with van der Waals surface area (Å²) in [5.41, 5.74) is 0.882. The predicted octanol–water partition coefficient (Wildman–Crippen LogP) is 1.90. The Kier molecular flexibility index (Phi) is 5.81. The Morgan fingerprint density at radius 2 is 1.88 bits per heavy atom. The molecule has 134 valence electrons. The summed E-state index contributed by atoms with van der Waals surface area (Å²) >= 11 is 0. The quantitative estimate of drug-likeness (QED) is 0.847. The van der Waals surface area contributed by atoms with E-state index < -0.39 is 15.9 Å². The number of carbonyl (C=O) groups excluding carboxylic acids is 1. The number of hydrogen-bond donors (Lipinski definition) is 1. The first-order valence-corrected chi connectivity index (χ1v) is 9.49. The Labute approximate surface area is 147 Å². The second-order valence-electron chi connectivity index (χ2n) is 5.78. The van der Waals surface area contributed by atoms with Gasteiger partial charge in [-0.05, 0) is 35.9 Å². The van der Waals surface area contributed by atoms with Gasteiger partial charge in [0.05, 0.1) is 24.7 Å². The van der Waals surface area contributed by atoms with Crippen LogP contribution < -0.4 is 4.74 Å². The van der Waals surface area contributed by atoms with Crippen LogP contribution in [0.1, 0.15) is 22.0 Å². The Morgan fingerprint density at radius 1 is 1.20 bits per heavy atom. The molecule has 0 aromatic heterocycles. The van der Waals surface area contributed by atoms with Crippen LogP contribution in [0.3, 0.4) is 0 Å². The van der Waals surface area contributed by atoms with Crippen LogP contribution in [0.15, 0.2) is 53.4 Å². The molecule has 0 bridgehead atoms. The molecule has 2 aromatic rings. The van der Waals surface area contributed by atoms with Gasteiger partial charge < -0.3 is 14.7 Å². The summed E-state index contributed by atoms with van der Waals surface area (Å²) in [7, 11) is -0.300. The molecule has 0 fully saturated rings. The first kappa shape index (κ1) is 19.0. The van der Waals surface area contributed by atoms with Crippen LogP contribution in [0.5, 0.6) is 5.75 Å². The van der Waals surface area contributed by atoms with Crippen LogP contribution in [0.4, 0.5) is 0 Å². The number of likely N-dealkylation sites (N-methyl/N-ethyl adjacent to an activating group) is 1. The van der Waals surface area contributed by atoms with Gasteiger partial charge in [0.15, 0.2) is 9.84 Å². The smallest absolute Gasteiger partial charge is 0.253 e. The number of hydrogen-bond acceptors (Lipinski definition) is 5. The van der Waals surface area contributed by atoms with Crippen molar-refractivity contribution in [3.05, 3.63) is 59.7 Å². The number of rotatable bonds is 6. The monoisotopic (exact) mass is 363 g/mol. The van der Waals surface area contributed by atoms with E-state index in [2.05, 4.69) is 0 Å². The van der Waals surface area contributed by atoms with Crippen molar-refractivity contribution < 1.29 is 23.1 Å². The summed E-state index contributed by atoms with van der Waals surface area (Å²) in [6.45, 7) is 0.0646. The molecule has 0 aliphatic carbocycles. The third kappa shape index (κ3) is 4.80. The van der Waals surface area contributed by atoms with Crippen molar-refractivity contribution in [1.82, 2.24) is 4.90 Å². The number of ether oxygens (including phenoxy) is 1. The van der Waals surface area contributed by atoms with E-state index in [-0.39, 0.29) is 22.9 Å². The van der Waals surface area contributed by atoms with Gasteiger partial charge in [-0.1, -0.05) is 18.2 Å². The second kappa shape index (κ2) is 7.67. The number of methoxy groups -OCH3 is 1. The maximum atomic E-state index is 12.5. The highest BCUT2D eigenvalue weighted by atomic mass is 32.2. The van der Waals surface area contributed by atoms with E-state index in [1.165, 1.54) is 30.2 Å². The minimum atomic E-state index is -3.39. The molecule has 0 saturated carbocycles. The highest BCUT2D eigenvalue weighted by Crippen LogP contribution is 2.20. The molecule has 7 heteroatoms. The highest BCUT2D eigenvalue weighted by Gasteiger charge is 2.18. The van der Waals surface area contributed by atoms with Crippen LogP contribution in [0.2, 0.25) is 0 Å². The fourth-order valence-corrected chi connectivity index (χ4v) is 3.04. The van der Waals surface area contributed by atoms with Gasteiger partial charge in [-0.25, -0.2) is 8.42 Å². The van der Waals surface area contributed by atoms with E-state index >= 15 is 0 Å². The Balaban J connectivity index is 2.14. The molecule has 1 amide bonds. The van der Waals surface area contributed by atoms with E-state index in [1.54, 1.807) is 37.4 Å². The third-order valence-electron chi connectivity index (χ3n) is 3.78. The molecular formula is C18H21NO5S. The van der Waals surface area contributed by atoms with Crippen molar-refractivity contribution in [2.24, 2.45) is 0 Å². The lowest BCUT2D eigenvalue weighted by molar-refractivity contribution is 0.0680. The zero-order chi connectivity index (χ0) is 18.6. The predicted molar refractivity (Wildman–Crippen MR) is 94.5 cm³/mol. The van der Waals surface area contributed by atoms with E-state index in [1.807, 2.05) is 0 Å². The van der Waals surface area contributed by atoms with E-state index in [4.69, 9.17) is 4.74 Å². The molecular weight excluding hydrogens is 342 g/mol. The average Bonchev–Trinajstić information content (AvgIpc) is 2.60. The summed E-state index contributed by atoms with van der Waals surface area (Å²) in [6, 6.07) is 12.8. The van der Waals surface area contributed by atoms with Crippen LogP contribution in [-0.2, 0) is 9.84 Å². The van der Waals surface area contributed by atoms with Crippen molar-refractivity contribution in [1.29, 1.82) is 0 Å². The molecule has 0 aliphatic heterocycles. The lowest BCUT2D eigenvalue weighted by Crippen LogP contribution is -2.31. The fourth-order valence-electron chi connectivity index (χ4n) is 2.38. The van der Waals surface area contributed by atoms with Crippen molar-refractivity contribution in [2.45, 2.75) is 11.0 Å². The molecule has 0 radical (unpaired) electrons. The minimum Gasteiger partial charge on any atom is -0.497 e. The number of aliphatic hydroxyl groups is 1. The van der Waals surface area contributed by atoms with Gasteiger partial charge in [0.1, 0.15) is 5.75 Å². The maximum absolute atomic E-state index is 12.5. The van der Waals surface area contributed by atoms with Gasteiger partial charge in [0.25, 0.3) is 5.91 Å². The summed E-state index contributed by atoms with van der Waals surface area (Å²) in [4.78, 5) is 13.9. The van der Waals surface area contributed by atoms with Crippen LogP contribution in [0.25, 0.3) is 0 Å². The summed E-state index contributed by atoms with van der Waals surface area (Å²) in [6.07, 6.45) is 0.203. The van der Waals surface area contributed by atoms with Gasteiger partial charge >= 0.3 is 0 Å². The zero-order valence-corrected chi connectivity index (χ0v) is 15.2. The standard InChI is InChI=1S/C18H21NO5S/c1-19(12-17(20)13-6-4-8-15(10-13)24-2)18(21)14-7-5-9-16(11-14)25(3,22)23/h4-11,17,20H,12H2,1-3H3. The van der Waals surface area contributed by atoms with Crippen molar-refractivity contribution >= 4 is 15.7 Å². The van der Waals surface area contributed by atoms with Crippen molar-refractivity contribution in [2.75, 3.05) is 27.0 Å². The lowest BCUT2D eigenvalue weighted by Gasteiger charge is -2.21. The number of sulfone groups is 1. The van der Waals surface area contributed by atoms with Gasteiger partial charge in [-0.15, -0.1) is 0 Å². The summed E-state index contributed by atoms with van der Waals surface area (Å²) in [5, 5.41) is 10.3. The van der Waals surface area contributed by atoms with Crippen molar-refractivity contribution in [3.63, 3.8) is 0 Å². The van der Waals surface area contributed by atoms with Gasteiger partial charge in [0.2, 0.25) is 0 Å². The molecule has 0 spiro atoms. The summed E-state index contributed by atoms with van der Waals surface area (Å²) in [5.74, 6) is 0.249. The molecule has 0 heterocycles. The number of amides is 1. The third-order valence-corrected chi connectivity index (χ3v) is 4.89. The molecule has 6 nitrogen and oxygen atoms in total. The van der Waals surface area contributed by atoms with E-state index in [9.17, 15) is 18.3 Å². The van der Waals surface area contributed by atoms with Gasteiger partial charge in [-0.2, -0.15) is 0 Å². The highest BCUT2D eigenvalue weighted by molar-refractivity contribution is 7.90. The molecule has 2 rings (SSSR count). The molecule has 1 unspecified atom stereocenters. The summed E-state index contributed by atoms with van der Waals surface area (Å²) < 4.78 is 28.4.